The molecule has 0 N–H and O–H groups in total. The predicted molar refractivity (Wildman–Crippen MR) is 233 cm³/mol. The van der Waals surface area contributed by atoms with Crippen molar-refractivity contribution in [2.45, 2.75) is 91.3 Å². The highest BCUT2D eigenvalue weighted by atomic mass is 35.5. The zero-order chi connectivity index (χ0) is 41.2. The molecule has 0 unspecified atom stereocenters. The summed E-state index contributed by atoms with van der Waals surface area (Å²) in [5.74, 6) is 0. The first kappa shape index (κ1) is 42.7. The molecule has 6 aromatic rings. The number of hydrogen-bond donors (Lipinski definition) is 0. The van der Waals surface area contributed by atoms with Gasteiger partial charge in [-0.3, -0.25) is 4.98 Å². The molecule has 0 saturated carbocycles. The van der Waals surface area contributed by atoms with Gasteiger partial charge in [0.25, 0.3) is 0 Å². The normalized spacial score (nSPS) is 14.6. The summed E-state index contributed by atoms with van der Waals surface area (Å²) in [5.41, 5.74) is 5.70. The minimum Gasteiger partial charge on any atom is -0.399 e. The lowest BCUT2D eigenvalue weighted by molar-refractivity contribution is 0.00578. The van der Waals surface area contributed by atoms with E-state index in [1.165, 1.54) is 51.1 Å². The maximum Gasteiger partial charge on any atom is 0.494 e. The van der Waals surface area contributed by atoms with Gasteiger partial charge in [0.2, 0.25) is 0 Å². The third-order valence-electron chi connectivity index (χ3n) is 10.1. The van der Waals surface area contributed by atoms with Gasteiger partial charge in [-0.25, -0.2) is 4.98 Å². The fraction of sp³-hybridized carbons (Fsp3) is 0.304. The summed E-state index contributed by atoms with van der Waals surface area (Å²) in [7, 11) is -0.314. The standard InChI is InChI=1S/C20H27BO2.C20H17ClN2.C6H2Cl2N2/c1-18(2,3)17-13-15(12-14-10-8-9-11-16(14)17)21-22-19(4,5)20(6,7)23-21;1-20(2,3)17-9-14(8-13-6-4-5-7-16(13)17)19-10-18(21)15(11-22)12-23-19;7-5-1-6(8)10-3-4(5)2-9/h8-13H,1-7H3;4-10,12H,1-3H3;1,3H. The lowest BCUT2D eigenvalue weighted by Gasteiger charge is -2.32. The average Bonchev–Trinajstić information content (AvgIpc) is 3.36. The maximum absolute atomic E-state index is 9.00. The van der Waals surface area contributed by atoms with Crippen molar-refractivity contribution >= 4 is 68.9 Å². The fourth-order valence-corrected chi connectivity index (χ4v) is 6.91. The van der Waals surface area contributed by atoms with Crippen LogP contribution in [0.5, 0.6) is 0 Å². The lowest BCUT2D eigenvalue weighted by atomic mass is 9.73. The summed E-state index contributed by atoms with van der Waals surface area (Å²) in [5, 5.41) is 23.4. The summed E-state index contributed by atoms with van der Waals surface area (Å²) in [6.07, 6.45) is 2.87. The number of nitrogens with zero attached hydrogens (tertiary/aromatic N) is 4. The Bertz CT molecular complexity index is 2480. The molecular weight excluding hydrogens is 758 g/mol. The van der Waals surface area contributed by atoms with Crippen LogP contribution in [-0.2, 0) is 20.1 Å². The Balaban J connectivity index is 0.000000173. The first-order chi connectivity index (χ1) is 26.1. The molecule has 0 bridgehead atoms. The maximum atomic E-state index is 9.00. The average molecular weight is 804 g/mol. The lowest BCUT2D eigenvalue weighted by Crippen LogP contribution is -2.41. The van der Waals surface area contributed by atoms with Gasteiger partial charge >= 0.3 is 7.12 Å². The number of aromatic nitrogens is 2. The molecule has 4 aromatic carbocycles. The number of benzene rings is 4. The molecule has 0 amide bonds. The minimum atomic E-state index is -0.314. The second kappa shape index (κ2) is 16.6. The second-order valence-electron chi connectivity index (χ2n) is 16.9. The smallest absolute Gasteiger partial charge is 0.399 e. The third kappa shape index (κ3) is 9.55. The largest absolute Gasteiger partial charge is 0.494 e. The van der Waals surface area contributed by atoms with E-state index in [0.29, 0.717) is 26.3 Å². The molecule has 6 nitrogen and oxygen atoms in total. The quantitative estimate of drug-likeness (QED) is 0.128. The summed E-state index contributed by atoms with van der Waals surface area (Å²) in [4.78, 5) is 8.07. The van der Waals surface area contributed by atoms with Crippen molar-refractivity contribution < 1.29 is 9.31 Å². The van der Waals surface area contributed by atoms with Crippen molar-refractivity contribution in [3.05, 3.63) is 135 Å². The molecule has 56 heavy (non-hydrogen) atoms. The van der Waals surface area contributed by atoms with E-state index in [1.807, 2.05) is 18.2 Å². The Morgan fingerprint density at radius 3 is 1.55 bits per heavy atom. The van der Waals surface area contributed by atoms with E-state index >= 15 is 0 Å². The summed E-state index contributed by atoms with van der Waals surface area (Å²) in [6, 6.07) is 32.8. The van der Waals surface area contributed by atoms with Crippen molar-refractivity contribution in [2.24, 2.45) is 0 Å². The van der Waals surface area contributed by atoms with E-state index in [1.54, 1.807) is 6.07 Å². The van der Waals surface area contributed by atoms with Crippen molar-refractivity contribution in [3.8, 4) is 23.4 Å². The van der Waals surface area contributed by atoms with Crippen molar-refractivity contribution in [2.75, 3.05) is 0 Å². The van der Waals surface area contributed by atoms with Crippen LogP contribution in [0.15, 0.2) is 97.3 Å². The predicted octanol–water partition coefficient (Wildman–Crippen LogP) is 12.4. The van der Waals surface area contributed by atoms with Gasteiger partial charge in [-0.2, -0.15) is 10.5 Å². The fourth-order valence-electron chi connectivity index (χ4n) is 6.31. The molecule has 3 heterocycles. The first-order valence-electron chi connectivity index (χ1n) is 18.3. The van der Waals surface area contributed by atoms with Crippen LogP contribution in [0.4, 0.5) is 0 Å². The number of halogens is 3. The molecule has 286 valence electrons. The highest BCUT2D eigenvalue weighted by Crippen LogP contribution is 2.38. The Hall–Kier alpha value is -4.47. The monoisotopic (exact) mass is 802 g/mol. The van der Waals surface area contributed by atoms with Crippen molar-refractivity contribution in [1.29, 1.82) is 10.5 Å². The van der Waals surface area contributed by atoms with E-state index in [0.717, 1.165) is 16.7 Å². The van der Waals surface area contributed by atoms with Crippen LogP contribution in [0.3, 0.4) is 0 Å². The molecule has 10 heteroatoms. The van der Waals surface area contributed by atoms with E-state index in [4.69, 9.17) is 54.6 Å². The molecule has 1 saturated heterocycles. The van der Waals surface area contributed by atoms with Gasteiger partial charge in [-0.05, 0) is 101 Å². The molecule has 0 aliphatic carbocycles. The summed E-state index contributed by atoms with van der Waals surface area (Å²) >= 11 is 17.2. The SMILES string of the molecule is CC(C)(C)c1cc(-c2cc(Cl)c(C#N)cn2)cc2ccccc12.CC(C)(C)c1cc(B2OC(C)(C)C(C)(C)O2)cc2ccccc12.N#Cc1cnc(Cl)cc1Cl. The second-order valence-corrected chi connectivity index (χ2v) is 18.1. The van der Waals surface area contributed by atoms with E-state index in [-0.39, 0.29) is 29.2 Å². The topological polar surface area (TPSA) is 91.8 Å². The zero-order valence-electron chi connectivity index (χ0n) is 33.6. The van der Waals surface area contributed by atoms with Gasteiger partial charge in [-0.15, -0.1) is 0 Å². The van der Waals surface area contributed by atoms with Gasteiger partial charge in [0.05, 0.1) is 38.1 Å². The van der Waals surface area contributed by atoms with Crippen LogP contribution in [-0.4, -0.2) is 28.3 Å². The van der Waals surface area contributed by atoms with E-state index in [9.17, 15) is 0 Å². The number of nitriles is 2. The van der Waals surface area contributed by atoms with Crippen LogP contribution in [0.25, 0.3) is 32.8 Å². The number of rotatable bonds is 2. The van der Waals surface area contributed by atoms with Crippen LogP contribution < -0.4 is 5.46 Å². The molecule has 1 aliphatic rings. The Morgan fingerprint density at radius 1 is 0.607 bits per heavy atom. The zero-order valence-corrected chi connectivity index (χ0v) is 35.8. The number of fused-ring (bicyclic) bond motifs is 2. The van der Waals surface area contributed by atoms with Gasteiger partial charge in [0.15, 0.2) is 0 Å². The van der Waals surface area contributed by atoms with Crippen molar-refractivity contribution in [3.63, 3.8) is 0 Å². The molecular formula is C46H46BCl3N4O2. The first-order valence-corrected chi connectivity index (χ1v) is 19.5. The van der Waals surface area contributed by atoms with Gasteiger partial charge in [0.1, 0.15) is 17.3 Å². The molecule has 1 aliphatic heterocycles. The minimum absolute atomic E-state index is 0.0198. The third-order valence-corrected chi connectivity index (χ3v) is 10.9. The van der Waals surface area contributed by atoms with Crippen LogP contribution >= 0.6 is 34.8 Å². The van der Waals surface area contributed by atoms with E-state index in [2.05, 4.69) is 146 Å². The number of hydrogen-bond acceptors (Lipinski definition) is 6. The molecule has 0 spiro atoms. The highest BCUT2D eigenvalue weighted by molar-refractivity contribution is 6.62. The molecule has 0 atom stereocenters. The van der Waals surface area contributed by atoms with Gasteiger partial charge in [0, 0.05) is 18.0 Å². The molecule has 2 aromatic heterocycles. The Labute approximate surface area is 346 Å². The van der Waals surface area contributed by atoms with Crippen LogP contribution in [0.1, 0.15) is 91.5 Å². The molecule has 7 rings (SSSR count). The van der Waals surface area contributed by atoms with E-state index < -0.39 is 0 Å². The Kier molecular flexibility index (Phi) is 12.6. The summed E-state index contributed by atoms with van der Waals surface area (Å²) < 4.78 is 12.5. The molecule has 0 radical (unpaired) electrons. The van der Waals surface area contributed by atoms with Crippen molar-refractivity contribution in [1.82, 2.24) is 9.97 Å². The molecule has 1 fully saturated rings. The van der Waals surface area contributed by atoms with Crippen LogP contribution in [0.2, 0.25) is 15.2 Å². The van der Waals surface area contributed by atoms with Gasteiger partial charge in [-0.1, -0.05) is 137 Å². The summed E-state index contributed by atoms with van der Waals surface area (Å²) in [6.45, 7) is 21.8. The van der Waals surface area contributed by atoms with Gasteiger partial charge < -0.3 is 9.31 Å². The number of pyridine rings is 2. The highest BCUT2D eigenvalue weighted by Gasteiger charge is 2.51. The Morgan fingerprint density at radius 2 is 1.07 bits per heavy atom. The van der Waals surface area contributed by atoms with Crippen LogP contribution in [0, 0.1) is 22.7 Å².